The van der Waals surface area contributed by atoms with Gasteiger partial charge in [-0.05, 0) is 24.6 Å². The largest absolute Gasteiger partial charge is 0.493 e. The molecule has 1 heterocycles. The lowest BCUT2D eigenvalue weighted by molar-refractivity contribution is -0.126. The van der Waals surface area contributed by atoms with E-state index in [0.717, 1.165) is 0 Å². The molecule has 7 heteroatoms. The van der Waals surface area contributed by atoms with Gasteiger partial charge in [-0.15, -0.1) is 0 Å². The van der Waals surface area contributed by atoms with Crippen LogP contribution in [0.25, 0.3) is 0 Å². The second-order valence-electron chi connectivity index (χ2n) is 4.85. The fourth-order valence-corrected chi connectivity index (χ4v) is 2.23. The van der Waals surface area contributed by atoms with E-state index < -0.39 is 18.8 Å². The number of β-amino-alcohol motifs (C(OH)–C–C–N with tert-alkyl or cyclic N) is 1. The molecule has 1 aromatic carbocycles. The second kappa shape index (κ2) is 6.30. The topological polar surface area (TPSA) is 99.5 Å². The Bertz CT molecular complexity index is 532. The molecule has 3 N–H and O–H groups in total. The zero-order valence-electron chi connectivity index (χ0n) is 11.9. The van der Waals surface area contributed by atoms with Gasteiger partial charge in [0.2, 0.25) is 0 Å². The lowest BCUT2D eigenvalue weighted by Gasteiger charge is -2.35. The van der Waals surface area contributed by atoms with Gasteiger partial charge in [0, 0.05) is 0 Å². The molecular formula is C14H19NO6. The lowest BCUT2D eigenvalue weighted by Crippen LogP contribution is -2.48. The smallest absolute Gasteiger partial charge is 0.267 e. The van der Waals surface area contributed by atoms with Gasteiger partial charge >= 0.3 is 0 Å². The molecule has 1 aliphatic rings. The van der Waals surface area contributed by atoms with Gasteiger partial charge in [0.25, 0.3) is 5.91 Å². The van der Waals surface area contributed by atoms with Crippen molar-refractivity contribution in [3.8, 4) is 11.5 Å². The fourth-order valence-electron chi connectivity index (χ4n) is 2.23. The Morgan fingerprint density at radius 1 is 1.43 bits per heavy atom. The number of amides is 1. The highest BCUT2D eigenvalue weighted by Crippen LogP contribution is 2.42. The van der Waals surface area contributed by atoms with Gasteiger partial charge in [-0.1, -0.05) is 0 Å². The number of carbonyl (C=O) groups is 1. The van der Waals surface area contributed by atoms with E-state index in [4.69, 9.17) is 14.6 Å². The van der Waals surface area contributed by atoms with Crippen molar-refractivity contribution < 1.29 is 29.6 Å². The molecule has 116 valence electrons. The van der Waals surface area contributed by atoms with Crippen LogP contribution in [0, 0.1) is 0 Å². The SMILES string of the molecule is COc1cc(CO)cc2c1OC(C)C(=O)N2CC(O)CO. The number of methoxy groups -OCH3 is 1. The number of fused-ring (bicyclic) bond motifs is 1. The maximum Gasteiger partial charge on any atom is 0.267 e. The van der Waals surface area contributed by atoms with E-state index in [1.165, 1.54) is 12.0 Å². The fraction of sp³-hybridized carbons (Fsp3) is 0.500. The number of hydrogen-bond donors (Lipinski definition) is 3. The standard InChI is InChI=1S/C14H19NO6/c1-8-14(19)15(5-10(18)7-17)11-3-9(6-16)4-12(20-2)13(11)21-8/h3-4,8,10,16-18H,5-7H2,1-2H3. The molecule has 0 fully saturated rings. The average Bonchev–Trinajstić information content (AvgIpc) is 2.50. The first-order chi connectivity index (χ1) is 10.0. The summed E-state index contributed by atoms with van der Waals surface area (Å²) >= 11 is 0. The van der Waals surface area contributed by atoms with Crippen LogP contribution in [0.4, 0.5) is 5.69 Å². The molecule has 2 atom stereocenters. The van der Waals surface area contributed by atoms with E-state index in [0.29, 0.717) is 22.7 Å². The van der Waals surface area contributed by atoms with Crippen molar-refractivity contribution in [2.24, 2.45) is 0 Å². The normalized spacial score (nSPS) is 19.0. The number of rotatable bonds is 5. The van der Waals surface area contributed by atoms with Crippen LogP contribution >= 0.6 is 0 Å². The molecule has 0 bridgehead atoms. The third kappa shape index (κ3) is 2.94. The van der Waals surface area contributed by atoms with Gasteiger partial charge in [0.1, 0.15) is 0 Å². The van der Waals surface area contributed by atoms with Crippen LogP contribution in [-0.4, -0.2) is 53.7 Å². The van der Waals surface area contributed by atoms with Crippen molar-refractivity contribution in [1.82, 2.24) is 0 Å². The van der Waals surface area contributed by atoms with Crippen molar-refractivity contribution in [2.75, 3.05) is 25.2 Å². The quantitative estimate of drug-likeness (QED) is 0.687. The molecule has 0 aliphatic carbocycles. The Morgan fingerprint density at radius 2 is 2.14 bits per heavy atom. The van der Waals surface area contributed by atoms with Gasteiger partial charge in [-0.2, -0.15) is 0 Å². The molecule has 2 rings (SSSR count). The summed E-state index contributed by atoms with van der Waals surface area (Å²) in [5.41, 5.74) is 0.967. The van der Waals surface area contributed by atoms with Crippen molar-refractivity contribution in [2.45, 2.75) is 25.7 Å². The van der Waals surface area contributed by atoms with Crippen LogP contribution in [0.1, 0.15) is 12.5 Å². The minimum absolute atomic E-state index is 0.0614. The minimum Gasteiger partial charge on any atom is -0.493 e. The Hall–Kier alpha value is -1.83. The molecule has 1 aliphatic heterocycles. The maximum absolute atomic E-state index is 12.2. The van der Waals surface area contributed by atoms with Crippen LogP contribution < -0.4 is 14.4 Å². The van der Waals surface area contributed by atoms with Crippen molar-refractivity contribution in [3.05, 3.63) is 17.7 Å². The van der Waals surface area contributed by atoms with Gasteiger partial charge in [0.15, 0.2) is 17.6 Å². The molecule has 1 amide bonds. The Kier molecular flexibility index (Phi) is 4.66. The predicted octanol–water partition coefficient (Wildman–Crippen LogP) is -0.345. The number of hydrogen-bond acceptors (Lipinski definition) is 6. The summed E-state index contributed by atoms with van der Waals surface area (Å²) in [6.07, 6.45) is -1.78. The molecule has 21 heavy (non-hydrogen) atoms. The van der Waals surface area contributed by atoms with E-state index in [9.17, 15) is 15.0 Å². The van der Waals surface area contributed by atoms with Crippen molar-refractivity contribution in [1.29, 1.82) is 0 Å². The molecule has 1 aromatic rings. The predicted molar refractivity (Wildman–Crippen MR) is 74.5 cm³/mol. The summed E-state index contributed by atoms with van der Waals surface area (Å²) < 4.78 is 10.8. The summed E-state index contributed by atoms with van der Waals surface area (Å²) in [5.74, 6) is 0.457. The molecule has 0 aromatic heterocycles. The van der Waals surface area contributed by atoms with Crippen LogP contribution in [0.3, 0.4) is 0 Å². The minimum atomic E-state index is -1.06. The summed E-state index contributed by atoms with van der Waals surface area (Å²) in [6, 6.07) is 3.23. The van der Waals surface area contributed by atoms with Gasteiger partial charge < -0.3 is 29.7 Å². The third-order valence-corrected chi connectivity index (χ3v) is 3.30. The summed E-state index contributed by atoms with van der Waals surface area (Å²) in [7, 11) is 1.47. The second-order valence-corrected chi connectivity index (χ2v) is 4.85. The van der Waals surface area contributed by atoms with E-state index in [-0.39, 0.29) is 19.1 Å². The molecular weight excluding hydrogens is 278 g/mol. The Balaban J connectivity index is 2.51. The van der Waals surface area contributed by atoms with Crippen molar-refractivity contribution >= 4 is 11.6 Å². The van der Waals surface area contributed by atoms with Gasteiger partial charge in [-0.3, -0.25) is 4.79 Å². The highest BCUT2D eigenvalue weighted by Gasteiger charge is 2.34. The lowest BCUT2D eigenvalue weighted by atomic mass is 10.1. The first-order valence-electron chi connectivity index (χ1n) is 6.60. The van der Waals surface area contributed by atoms with E-state index in [1.807, 2.05) is 0 Å². The Labute approximate surface area is 122 Å². The number of benzene rings is 1. The number of anilines is 1. The van der Waals surface area contributed by atoms with Crippen LogP contribution in [0.15, 0.2) is 12.1 Å². The summed E-state index contributed by atoms with van der Waals surface area (Å²) in [4.78, 5) is 13.6. The monoisotopic (exact) mass is 297 g/mol. The number of carbonyl (C=O) groups excluding carboxylic acids is 1. The first-order valence-corrected chi connectivity index (χ1v) is 6.60. The molecule has 0 radical (unpaired) electrons. The molecule has 7 nitrogen and oxygen atoms in total. The van der Waals surface area contributed by atoms with Crippen LogP contribution in [0.5, 0.6) is 11.5 Å². The summed E-state index contributed by atoms with van der Waals surface area (Å²) in [6.45, 7) is 0.867. The first kappa shape index (κ1) is 15.6. The highest BCUT2D eigenvalue weighted by atomic mass is 16.5. The van der Waals surface area contributed by atoms with Crippen LogP contribution in [-0.2, 0) is 11.4 Å². The Morgan fingerprint density at radius 3 is 2.71 bits per heavy atom. The highest BCUT2D eigenvalue weighted by molar-refractivity contribution is 6.00. The number of aliphatic hydroxyl groups is 3. The zero-order chi connectivity index (χ0) is 15.6. The average molecular weight is 297 g/mol. The molecule has 0 spiro atoms. The van der Waals surface area contributed by atoms with E-state index >= 15 is 0 Å². The third-order valence-electron chi connectivity index (χ3n) is 3.30. The van der Waals surface area contributed by atoms with Gasteiger partial charge in [0.05, 0.1) is 38.7 Å². The molecule has 0 saturated heterocycles. The van der Waals surface area contributed by atoms with Gasteiger partial charge in [-0.25, -0.2) is 0 Å². The number of nitrogens with zero attached hydrogens (tertiary/aromatic N) is 1. The zero-order valence-corrected chi connectivity index (χ0v) is 11.9. The van der Waals surface area contributed by atoms with Crippen LogP contribution in [0.2, 0.25) is 0 Å². The van der Waals surface area contributed by atoms with Crippen molar-refractivity contribution in [3.63, 3.8) is 0 Å². The summed E-state index contributed by atoms with van der Waals surface area (Å²) in [5, 5.41) is 27.9. The maximum atomic E-state index is 12.2. The number of ether oxygens (including phenoxy) is 2. The molecule has 0 saturated carbocycles. The van der Waals surface area contributed by atoms with E-state index in [2.05, 4.69) is 0 Å². The number of aliphatic hydroxyl groups excluding tert-OH is 3. The molecule has 2 unspecified atom stereocenters. The van der Waals surface area contributed by atoms with E-state index in [1.54, 1.807) is 19.1 Å².